The summed E-state index contributed by atoms with van der Waals surface area (Å²) in [5.41, 5.74) is 6.15. The molecule has 2 nitrogen and oxygen atoms in total. The molecule has 0 amide bonds. The van der Waals surface area contributed by atoms with E-state index >= 15 is 0 Å². The van der Waals surface area contributed by atoms with Crippen molar-refractivity contribution in [2.75, 3.05) is 11.1 Å². The molecule has 0 aromatic heterocycles. The van der Waals surface area contributed by atoms with Gasteiger partial charge < -0.3 is 11.1 Å². The first-order valence-electron chi connectivity index (χ1n) is 5.88. The van der Waals surface area contributed by atoms with Crippen molar-refractivity contribution in [2.45, 2.75) is 13.1 Å². The maximum absolute atomic E-state index is 12.9. The third kappa shape index (κ3) is 3.54. The van der Waals surface area contributed by atoms with Gasteiger partial charge in [0.05, 0.1) is 27.0 Å². The number of halogens is 5. The summed E-state index contributed by atoms with van der Waals surface area (Å²) in [4.78, 5) is 0. The normalized spacial score (nSPS) is 11.5. The number of nitrogens with one attached hydrogen (secondary N) is 1. The van der Waals surface area contributed by atoms with Gasteiger partial charge in [-0.25, -0.2) is 0 Å². The summed E-state index contributed by atoms with van der Waals surface area (Å²) in [7, 11) is 0. The smallest absolute Gasteiger partial charge is 0.397 e. The van der Waals surface area contributed by atoms with Crippen LogP contribution in [0.5, 0.6) is 0 Å². The minimum Gasteiger partial charge on any atom is -0.397 e. The summed E-state index contributed by atoms with van der Waals surface area (Å²) in [5.74, 6) is 0. The maximum Gasteiger partial charge on any atom is 0.416 e. The van der Waals surface area contributed by atoms with Gasteiger partial charge in [-0.3, -0.25) is 0 Å². The van der Waals surface area contributed by atoms with E-state index in [0.717, 1.165) is 6.07 Å². The second-order valence-corrected chi connectivity index (χ2v) is 5.32. The fraction of sp³-hybridized carbons (Fsp3) is 0.143. The molecule has 3 N–H and O–H groups in total. The van der Waals surface area contributed by atoms with Crippen molar-refractivity contribution in [3.05, 3.63) is 51.5 Å². The van der Waals surface area contributed by atoms with Crippen LogP contribution in [0.15, 0.2) is 30.3 Å². The topological polar surface area (TPSA) is 38.0 Å². The summed E-state index contributed by atoms with van der Waals surface area (Å²) in [5, 5.41) is 3.35. The molecule has 0 bridgehead atoms. The number of anilines is 3. The Morgan fingerprint density at radius 1 is 1.05 bits per heavy atom. The Kier molecular flexibility index (Phi) is 4.25. The van der Waals surface area contributed by atoms with Crippen LogP contribution in [-0.4, -0.2) is 0 Å². The van der Waals surface area contributed by atoms with Crippen molar-refractivity contribution in [1.82, 2.24) is 0 Å². The lowest BCUT2D eigenvalue weighted by molar-refractivity contribution is -0.138. The molecule has 2 rings (SSSR count). The lowest BCUT2D eigenvalue weighted by atomic mass is 10.1. The van der Waals surface area contributed by atoms with Gasteiger partial charge in [0.2, 0.25) is 0 Å². The molecule has 0 atom stereocenters. The highest BCUT2D eigenvalue weighted by atomic mass is 35.5. The highest BCUT2D eigenvalue weighted by Crippen LogP contribution is 2.36. The van der Waals surface area contributed by atoms with E-state index in [1.54, 1.807) is 0 Å². The molecule has 0 heterocycles. The zero-order chi connectivity index (χ0) is 15.8. The summed E-state index contributed by atoms with van der Waals surface area (Å²) < 4.78 is 38.6. The van der Waals surface area contributed by atoms with Gasteiger partial charge >= 0.3 is 6.18 Å². The van der Waals surface area contributed by atoms with E-state index in [1.807, 2.05) is 0 Å². The first-order valence-corrected chi connectivity index (χ1v) is 6.63. The summed E-state index contributed by atoms with van der Waals surface area (Å²) >= 11 is 11.7. The lowest BCUT2D eigenvalue weighted by Gasteiger charge is -2.15. The zero-order valence-corrected chi connectivity index (χ0v) is 12.4. The number of aryl methyl sites for hydroxylation is 1. The summed E-state index contributed by atoms with van der Waals surface area (Å²) in [6, 6.07) is 6.85. The molecule has 0 unspecified atom stereocenters. The van der Waals surface area contributed by atoms with Gasteiger partial charge in [-0.1, -0.05) is 29.3 Å². The maximum atomic E-state index is 12.9. The highest BCUT2D eigenvalue weighted by Gasteiger charge is 2.32. The van der Waals surface area contributed by atoms with Gasteiger partial charge in [-0.05, 0) is 36.8 Å². The average molecular weight is 335 g/mol. The Morgan fingerprint density at radius 3 is 2.29 bits per heavy atom. The number of alkyl halides is 3. The molecule has 0 fully saturated rings. The van der Waals surface area contributed by atoms with E-state index in [9.17, 15) is 13.2 Å². The van der Waals surface area contributed by atoms with E-state index in [2.05, 4.69) is 5.32 Å². The van der Waals surface area contributed by atoms with Crippen LogP contribution in [0, 0.1) is 6.92 Å². The van der Waals surface area contributed by atoms with Crippen LogP contribution >= 0.6 is 23.2 Å². The Balaban J connectivity index is 2.39. The van der Waals surface area contributed by atoms with Crippen molar-refractivity contribution in [1.29, 1.82) is 0 Å². The zero-order valence-electron chi connectivity index (χ0n) is 10.9. The summed E-state index contributed by atoms with van der Waals surface area (Å²) in [6.45, 7) is 1.40. The van der Waals surface area contributed by atoms with Crippen LogP contribution in [0.3, 0.4) is 0 Å². The van der Waals surface area contributed by atoms with Crippen molar-refractivity contribution in [2.24, 2.45) is 0 Å². The van der Waals surface area contributed by atoms with Gasteiger partial charge in [0, 0.05) is 5.69 Å². The van der Waals surface area contributed by atoms with Gasteiger partial charge in [0.1, 0.15) is 0 Å². The molecular weight excluding hydrogens is 324 g/mol. The van der Waals surface area contributed by atoms with E-state index < -0.39 is 11.7 Å². The molecule has 0 aliphatic heterocycles. The molecule has 0 saturated carbocycles. The van der Waals surface area contributed by atoms with E-state index in [-0.39, 0.29) is 21.3 Å². The number of nitrogens with two attached hydrogens (primary N) is 1. The Hall–Kier alpha value is -1.59. The van der Waals surface area contributed by atoms with E-state index in [1.165, 1.54) is 31.2 Å². The molecule has 7 heteroatoms. The van der Waals surface area contributed by atoms with E-state index in [0.29, 0.717) is 11.4 Å². The molecule has 112 valence electrons. The monoisotopic (exact) mass is 334 g/mol. The quantitative estimate of drug-likeness (QED) is 0.696. The Bertz CT molecular complexity index is 685. The third-order valence-electron chi connectivity index (χ3n) is 2.91. The number of hydrogen-bond donors (Lipinski definition) is 2. The highest BCUT2D eigenvalue weighted by molar-refractivity contribution is 6.42. The van der Waals surface area contributed by atoms with Crippen LogP contribution < -0.4 is 11.1 Å². The fourth-order valence-corrected chi connectivity index (χ4v) is 2.17. The van der Waals surface area contributed by atoms with Crippen LogP contribution in [0.1, 0.15) is 11.1 Å². The van der Waals surface area contributed by atoms with Crippen LogP contribution in [0.4, 0.5) is 30.2 Å². The average Bonchev–Trinajstić information content (AvgIpc) is 2.37. The number of benzene rings is 2. The molecule has 2 aromatic rings. The predicted octanol–water partition coefficient (Wildman–Crippen LogP) is 5.65. The number of hydrogen-bond acceptors (Lipinski definition) is 2. The second-order valence-electron chi connectivity index (χ2n) is 4.51. The van der Waals surface area contributed by atoms with Crippen LogP contribution in [0.25, 0.3) is 0 Å². The van der Waals surface area contributed by atoms with Crippen molar-refractivity contribution in [3.63, 3.8) is 0 Å². The molecule has 0 spiro atoms. The van der Waals surface area contributed by atoms with Crippen LogP contribution in [-0.2, 0) is 6.18 Å². The minimum absolute atomic E-state index is 0.148. The molecule has 0 aliphatic rings. The molecule has 2 aromatic carbocycles. The van der Waals surface area contributed by atoms with Crippen molar-refractivity contribution >= 4 is 40.3 Å². The molecular formula is C14H11Cl2F3N2. The summed E-state index contributed by atoms with van der Waals surface area (Å²) in [6.07, 6.45) is -4.41. The predicted molar refractivity (Wildman–Crippen MR) is 80.3 cm³/mol. The number of nitrogen functional groups attached to an aromatic ring is 1. The van der Waals surface area contributed by atoms with Crippen LogP contribution in [0.2, 0.25) is 10.0 Å². The van der Waals surface area contributed by atoms with Gasteiger partial charge in [0.15, 0.2) is 0 Å². The van der Waals surface area contributed by atoms with Gasteiger partial charge in [0.25, 0.3) is 0 Å². The Morgan fingerprint density at radius 2 is 1.67 bits per heavy atom. The van der Waals surface area contributed by atoms with Gasteiger partial charge in [-0.2, -0.15) is 13.2 Å². The first-order chi connectivity index (χ1) is 9.68. The van der Waals surface area contributed by atoms with E-state index in [4.69, 9.17) is 28.9 Å². The van der Waals surface area contributed by atoms with Crippen molar-refractivity contribution < 1.29 is 13.2 Å². The van der Waals surface area contributed by atoms with Gasteiger partial charge in [-0.15, -0.1) is 0 Å². The molecule has 21 heavy (non-hydrogen) atoms. The largest absolute Gasteiger partial charge is 0.416 e. The Labute approximate surface area is 129 Å². The lowest BCUT2D eigenvalue weighted by Crippen LogP contribution is -2.08. The SMILES string of the molecule is Cc1ccc(Nc2cc(Cl)c(Cl)cc2N)cc1C(F)(F)F. The molecule has 0 aliphatic carbocycles. The molecule has 0 radical (unpaired) electrons. The third-order valence-corrected chi connectivity index (χ3v) is 3.64. The standard InChI is InChI=1S/C14H11Cl2F3N2/c1-7-2-3-8(4-9(7)14(17,18)19)21-13-6-11(16)10(15)5-12(13)20/h2-6,21H,20H2,1H3. The minimum atomic E-state index is -4.41. The second kappa shape index (κ2) is 5.66. The van der Waals surface area contributed by atoms with Crippen molar-refractivity contribution in [3.8, 4) is 0 Å². The fourth-order valence-electron chi connectivity index (χ4n) is 1.83. The number of rotatable bonds is 2. The first kappa shape index (κ1) is 15.8. The molecule has 0 saturated heterocycles.